The van der Waals surface area contributed by atoms with Gasteiger partial charge in [0.05, 0.1) is 10.8 Å². The highest BCUT2D eigenvalue weighted by molar-refractivity contribution is 8.00. The summed E-state index contributed by atoms with van der Waals surface area (Å²) < 4.78 is 16.1. The predicted octanol–water partition coefficient (Wildman–Crippen LogP) is 4.34. The van der Waals surface area contributed by atoms with Crippen LogP contribution in [0.3, 0.4) is 0 Å². The molecule has 1 aliphatic rings. The van der Waals surface area contributed by atoms with Crippen molar-refractivity contribution in [1.82, 2.24) is 14.8 Å². The highest BCUT2D eigenvalue weighted by Gasteiger charge is 2.29. The second-order valence-electron chi connectivity index (χ2n) is 6.81. The molecule has 3 aromatic rings. The fraction of sp³-hybridized carbons (Fsp3) is 0.227. The van der Waals surface area contributed by atoms with E-state index in [1.54, 1.807) is 28.8 Å². The van der Waals surface area contributed by atoms with Gasteiger partial charge in [-0.1, -0.05) is 48.2 Å². The van der Waals surface area contributed by atoms with Gasteiger partial charge in [0.25, 0.3) is 0 Å². The molecule has 0 saturated carbocycles. The Balaban J connectivity index is 1.59. The molecular formula is C22H21FN4OS. The average molecular weight is 409 g/mol. The zero-order chi connectivity index (χ0) is 20.4. The maximum atomic E-state index is 14.3. The van der Waals surface area contributed by atoms with Gasteiger partial charge in [0, 0.05) is 18.8 Å². The molecule has 1 atom stereocenters. The lowest BCUT2D eigenvalue weighted by atomic mass is 10.2. The molecule has 0 saturated heterocycles. The van der Waals surface area contributed by atoms with Crippen LogP contribution in [0.15, 0.2) is 66.3 Å². The van der Waals surface area contributed by atoms with Gasteiger partial charge < -0.3 is 4.90 Å². The smallest absolute Gasteiger partial charge is 0.240 e. The Kier molecular flexibility index (Phi) is 5.49. The third-order valence-corrected chi connectivity index (χ3v) is 5.99. The first kappa shape index (κ1) is 19.4. The fourth-order valence-electron chi connectivity index (χ4n) is 3.51. The molecule has 148 valence electrons. The molecule has 1 unspecified atom stereocenters. The number of benzene rings is 2. The van der Waals surface area contributed by atoms with Crippen LogP contribution in [0, 0.1) is 5.82 Å². The van der Waals surface area contributed by atoms with E-state index in [2.05, 4.69) is 22.8 Å². The average Bonchev–Trinajstić information content (AvgIpc) is 3.33. The fourth-order valence-corrected chi connectivity index (χ4v) is 4.43. The van der Waals surface area contributed by atoms with E-state index in [4.69, 9.17) is 0 Å². The minimum absolute atomic E-state index is 0.0283. The number of nitrogens with zero attached hydrogens (tertiary/aromatic N) is 4. The van der Waals surface area contributed by atoms with Crippen molar-refractivity contribution in [3.8, 4) is 11.4 Å². The standard InChI is InChI=1S/C22H21FN4OS/c1-3-13-27-20(17-9-5-6-10-18(17)23)24-25-22(27)29-15(2)21(28)26-14-12-16-8-4-7-11-19(16)26/h3-11,15H,1,12-14H2,2H3. The number of allylic oxidation sites excluding steroid dienone is 1. The Morgan fingerprint density at radius 3 is 2.79 bits per heavy atom. The van der Waals surface area contributed by atoms with Crippen LogP contribution in [0.1, 0.15) is 12.5 Å². The summed E-state index contributed by atoms with van der Waals surface area (Å²) >= 11 is 1.33. The number of hydrogen-bond donors (Lipinski definition) is 0. The van der Waals surface area contributed by atoms with Gasteiger partial charge in [-0.3, -0.25) is 9.36 Å². The Morgan fingerprint density at radius 1 is 1.24 bits per heavy atom. The number of para-hydroxylation sites is 1. The summed E-state index contributed by atoms with van der Waals surface area (Å²) in [6.45, 7) is 6.75. The first-order valence-electron chi connectivity index (χ1n) is 9.45. The van der Waals surface area contributed by atoms with Crippen LogP contribution in [-0.4, -0.2) is 32.5 Å². The lowest BCUT2D eigenvalue weighted by Crippen LogP contribution is -2.35. The Labute approximate surface area is 173 Å². The third-order valence-electron chi connectivity index (χ3n) is 4.93. The topological polar surface area (TPSA) is 51.0 Å². The van der Waals surface area contributed by atoms with Gasteiger partial charge in [0.15, 0.2) is 11.0 Å². The van der Waals surface area contributed by atoms with Gasteiger partial charge in [0.2, 0.25) is 5.91 Å². The molecule has 0 N–H and O–H groups in total. The van der Waals surface area contributed by atoms with Crippen LogP contribution in [0.25, 0.3) is 11.4 Å². The number of rotatable bonds is 6. The Hall–Kier alpha value is -2.93. The number of anilines is 1. The lowest BCUT2D eigenvalue weighted by molar-refractivity contribution is -0.117. The number of fused-ring (bicyclic) bond motifs is 1. The van der Waals surface area contributed by atoms with Crippen LogP contribution in [0.5, 0.6) is 0 Å². The monoisotopic (exact) mass is 408 g/mol. The van der Waals surface area contributed by atoms with Crippen LogP contribution in [0.2, 0.25) is 0 Å². The maximum absolute atomic E-state index is 14.3. The number of carbonyl (C=O) groups is 1. The molecule has 0 bridgehead atoms. The van der Waals surface area contributed by atoms with Crippen LogP contribution >= 0.6 is 11.8 Å². The highest BCUT2D eigenvalue weighted by atomic mass is 32.2. The maximum Gasteiger partial charge on any atom is 0.240 e. The van der Waals surface area contributed by atoms with Gasteiger partial charge in [-0.25, -0.2) is 4.39 Å². The minimum atomic E-state index is -0.362. The summed E-state index contributed by atoms with van der Waals surface area (Å²) in [5.41, 5.74) is 2.54. The summed E-state index contributed by atoms with van der Waals surface area (Å²) in [7, 11) is 0. The van der Waals surface area contributed by atoms with Crippen molar-refractivity contribution in [3.63, 3.8) is 0 Å². The number of amides is 1. The molecule has 1 aromatic heterocycles. The SMILES string of the molecule is C=CCn1c(SC(C)C(=O)N2CCc3ccccc32)nnc1-c1ccccc1F. The predicted molar refractivity (Wildman–Crippen MR) is 113 cm³/mol. The molecule has 0 fully saturated rings. The number of aromatic nitrogens is 3. The second kappa shape index (κ2) is 8.21. The number of carbonyl (C=O) groups excluding carboxylic acids is 1. The Morgan fingerprint density at radius 2 is 2.00 bits per heavy atom. The highest BCUT2D eigenvalue weighted by Crippen LogP contribution is 2.32. The van der Waals surface area contributed by atoms with Gasteiger partial charge in [-0.2, -0.15) is 0 Å². The minimum Gasteiger partial charge on any atom is -0.311 e. The van der Waals surface area contributed by atoms with Gasteiger partial charge in [0.1, 0.15) is 5.82 Å². The molecule has 0 radical (unpaired) electrons. The zero-order valence-corrected chi connectivity index (χ0v) is 16.9. The molecule has 29 heavy (non-hydrogen) atoms. The van der Waals surface area contributed by atoms with Crippen LogP contribution in [-0.2, 0) is 17.8 Å². The van der Waals surface area contributed by atoms with Gasteiger partial charge in [-0.05, 0) is 37.1 Å². The lowest BCUT2D eigenvalue weighted by Gasteiger charge is -2.21. The largest absolute Gasteiger partial charge is 0.311 e. The molecule has 5 nitrogen and oxygen atoms in total. The molecule has 1 amide bonds. The van der Waals surface area contributed by atoms with E-state index in [9.17, 15) is 9.18 Å². The number of hydrogen-bond acceptors (Lipinski definition) is 4. The van der Waals surface area contributed by atoms with Crippen LogP contribution < -0.4 is 4.90 Å². The van der Waals surface area contributed by atoms with E-state index in [-0.39, 0.29) is 17.0 Å². The van der Waals surface area contributed by atoms with E-state index in [1.807, 2.05) is 30.0 Å². The van der Waals surface area contributed by atoms with Crippen molar-refractivity contribution in [1.29, 1.82) is 0 Å². The van der Waals surface area contributed by atoms with Crippen molar-refractivity contribution in [2.24, 2.45) is 0 Å². The molecule has 0 aliphatic carbocycles. The van der Waals surface area contributed by atoms with E-state index < -0.39 is 0 Å². The molecular weight excluding hydrogens is 387 g/mol. The van der Waals surface area contributed by atoms with Crippen molar-refractivity contribution < 1.29 is 9.18 Å². The van der Waals surface area contributed by atoms with Crippen molar-refractivity contribution in [2.75, 3.05) is 11.4 Å². The number of halogens is 1. The van der Waals surface area contributed by atoms with E-state index >= 15 is 0 Å². The summed E-state index contributed by atoms with van der Waals surface area (Å²) in [5.74, 6) is 0.0942. The molecule has 7 heteroatoms. The quantitative estimate of drug-likeness (QED) is 0.450. The van der Waals surface area contributed by atoms with E-state index in [1.165, 1.54) is 23.4 Å². The first-order chi connectivity index (χ1) is 14.1. The van der Waals surface area contributed by atoms with Crippen molar-refractivity contribution >= 4 is 23.4 Å². The summed E-state index contributed by atoms with van der Waals surface area (Å²) in [6.07, 6.45) is 2.57. The normalized spacial score (nSPS) is 13.9. The molecule has 2 aromatic carbocycles. The van der Waals surface area contributed by atoms with E-state index in [0.717, 1.165) is 12.1 Å². The molecule has 4 rings (SSSR count). The summed E-state index contributed by atoms with van der Waals surface area (Å²) in [5, 5.41) is 8.63. The number of thioether (sulfide) groups is 1. The molecule has 1 aliphatic heterocycles. The third kappa shape index (κ3) is 3.70. The van der Waals surface area contributed by atoms with E-state index in [0.29, 0.717) is 29.6 Å². The van der Waals surface area contributed by atoms with Crippen molar-refractivity contribution in [2.45, 2.75) is 30.3 Å². The van der Waals surface area contributed by atoms with Gasteiger partial charge in [-0.15, -0.1) is 16.8 Å². The van der Waals surface area contributed by atoms with Crippen LogP contribution in [0.4, 0.5) is 10.1 Å². The van der Waals surface area contributed by atoms with Gasteiger partial charge >= 0.3 is 0 Å². The molecule has 0 spiro atoms. The Bertz CT molecular complexity index is 1060. The second-order valence-corrected chi connectivity index (χ2v) is 8.12. The zero-order valence-electron chi connectivity index (χ0n) is 16.1. The first-order valence-corrected chi connectivity index (χ1v) is 10.3. The van der Waals surface area contributed by atoms with Crippen molar-refractivity contribution in [3.05, 3.63) is 72.6 Å². The summed E-state index contributed by atoms with van der Waals surface area (Å²) in [4.78, 5) is 14.9. The molecule has 2 heterocycles. The summed E-state index contributed by atoms with van der Waals surface area (Å²) in [6, 6.07) is 14.4.